The molecular formula is C26H20F3N3O5. The van der Waals surface area contributed by atoms with Gasteiger partial charge in [0.05, 0.1) is 31.8 Å². The van der Waals surface area contributed by atoms with Gasteiger partial charge in [0.2, 0.25) is 5.91 Å². The van der Waals surface area contributed by atoms with Crippen LogP contribution >= 0.6 is 0 Å². The second-order valence-corrected chi connectivity index (χ2v) is 7.73. The summed E-state index contributed by atoms with van der Waals surface area (Å²) in [5, 5.41) is 4.78. The highest BCUT2D eigenvalue weighted by molar-refractivity contribution is 6.01. The fourth-order valence-electron chi connectivity index (χ4n) is 3.55. The zero-order chi connectivity index (χ0) is 26.5. The molecule has 0 aliphatic heterocycles. The number of nitrogens with zero attached hydrogens (tertiary/aromatic N) is 1. The smallest absolute Gasteiger partial charge is 0.325 e. The Morgan fingerprint density at radius 3 is 2.24 bits per heavy atom. The molecule has 37 heavy (non-hydrogen) atoms. The third-order valence-electron chi connectivity index (χ3n) is 5.16. The average molecular weight is 511 g/mol. The van der Waals surface area contributed by atoms with Gasteiger partial charge in [0, 0.05) is 29.8 Å². The fourth-order valence-corrected chi connectivity index (χ4v) is 3.55. The van der Waals surface area contributed by atoms with Gasteiger partial charge in [-0.05, 0) is 42.0 Å². The van der Waals surface area contributed by atoms with E-state index in [-0.39, 0.29) is 17.0 Å². The minimum atomic E-state index is -1.02. The third-order valence-corrected chi connectivity index (χ3v) is 5.16. The van der Waals surface area contributed by atoms with Gasteiger partial charge >= 0.3 is 6.03 Å². The quantitative estimate of drug-likeness (QED) is 0.347. The normalized spacial score (nSPS) is 10.6. The first-order valence-corrected chi connectivity index (χ1v) is 10.8. The number of pyridine rings is 1. The van der Waals surface area contributed by atoms with Crippen LogP contribution in [0.15, 0.2) is 60.8 Å². The zero-order valence-corrected chi connectivity index (χ0v) is 19.6. The first-order chi connectivity index (χ1) is 17.7. The molecule has 0 saturated heterocycles. The molecule has 0 aliphatic carbocycles. The van der Waals surface area contributed by atoms with E-state index in [9.17, 15) is 22.8 Å². The minimum absolute atomic E-state index is 0.0372. The molecule has 0 unspecified atom stereocenters. The van der Waals surface area contributed by atoms with Crippen LogP contribution in [0.1, 0.15) is 5.56 Å². The maximum atomic E-state index is 14.7. The van der Waals surface area contributed by atoms with Gasteiger partial charge in [0.1, 0.15) is 29.0 Å². The van der Waals surface area contributed by atoms with Crippen molar-refractivity contribution in [2.24, 2.45) is 0 Å². The van der Waals surface area contributed by atoms with Crippen molar-refractivity contribution in [3.63, 3.8) is 0 Å². The summed E-state index contributed by atoms with van der Waals surface area (Å²) in [6.45, 7) is 0. The third kappa shape index (κ3) is 6.07. The van der Waals surface area contributed by atoms with Crippen molar-refractivity contribution in [3.8, 4) is 23.0 Å². The van der Waals surface area contributed by atoms with Crippen molar-refractivity contribution in [1.29, 1.82) is 0 Å². The summed E-state index contributed by atoms with van der Waals surface area (Å²) in [6, 6.07) is 10.3. The van der Waals surface area contributed by atoms with E-state index in [0.29, 0.717) is 34.2 Å². The minimum Gasteiger partial charge on any atom is -0.493 e. The Morgan fingerprint density at radius 1 is 0.865 bits per heavy atom. The van der Waals surface area contributed by atoms with Crippen LogP contribution in [-0.2, 0) is 11.2 Å². The molecule has 0 radical (unpaired) electrons. The second kappa shape index (κ2) is 10.9. The lowest BCUT2D eigenvalue weighted by Gasteiger charge is -2.13. The first kappa shape index (κ1) is 25.3. The molecule has 0 saturated carbocycles. The maximum Gasteiger partial charge on any atom is 0.325 e. The van der Waals surface area contributed by atoms with Crippen molar-refractivity contribution in [2.75, 3.05) is 19.5 Å². The summed E-state index contributed by atoms with van der Waals surface area (Å²) in [5.41, 5.74) is 0.381. The van der Waals surface area contributed by atoms with Crippen molar-refractivity contribution >= 4 is 28.5 Å². The molecule has 3 aromatic carbocycles. The molecule has 8 nitrogen and oxygen atoms in total. The van der Waals surface area contributed by atoms with Crippen LogP contribution in [0.5, 0.6) is 23.0 Å². The lowest BCUT2D eigenvalue weighted by Crippen LogP contribution is -2.35. The molecule has 190 valence electrons. The number of fused-ring (bicyclic) bond motifs is 1. The SMILES string of the molecule is COc1cc2nccc(Oc3ccc(NC(=O)NC(=O)Cc4cc(F)cc(F)c4)c(F)c3)c2cc1OC. The predicted octanol–water partition coefficient (Wildman–Crippen LogP) is 5.35. The van der Waals surface area contributed by atoms with Crippen LogP contribution in [0, 0.1) is 17.5 Å². The van der Waals surface area contributed by atoms with Crippen LogP contribution < -0.4 is 24.8 Å². The summed E-state index contributed by atoms with van der Waals surface area (Å²) in [4.78, 5) is 28.4. The molecule has 4 aromatic rings. The number of hydrogen-bond acceptors (Lipinski definition) is 6. The molecule has 1 heterocycles. The van der Waals surface area contributed by atoms with Gasteiger partial charge in [0.25, 0.3) is 0 Å². The van der Waals surface area contributed by atoms with Crippen molar-refractivity contribution < 1.29 is 37.0 Å². The summed E-state index contributed by atoms with van der Waals surface area (Å²) in [7, 11) is 3.00. The van der Waals surface area contributed by atoms with Gasteiger partial charge in [-0.2, -0.15) is 0 Å². The van der Waals surface area contributed by atoms with E-state index >= 15 is 0 Å². The highest BCUT2D eigenvalue weighted by Crippen LogP contribution is 2.37. The fraction of sp³-hybridized carbons (Fsp3) is 0.115. The number of hydrogen-bond donors (Lipinski definition) is 2. The Morgan fingerprint density at radius 2 is 1.57 bits per heavy atom. The van der Waals surface area contributed by atoms with Crippen molar-refractivity contribution in [1.82, 2.24) is 10.3 Å². The number of halogens is 3. The number of amides is 3. The predicted molar refractivity (Wildman–Crippen MR) is 129 cm³/mol. The topological polar surface area (TPSA) is 98.8 Å². The molecule has 0 atom stereocenters. The van der Waals surface area contributed by atoms with E-state index in [1.54, 1.807) is 18.2 Å². The Kier molecular flexibility index (Phi) is 7.42. The lowest BCUT2D eigenvalue weighted by molar-refractivity contribution is -0.119. The summed E-state index contributed by atoms with van der Waals surface area (Å²) in [6.07, 6.45) is 1.07. The standard InChI is InChI=1S/C26H20F3N3O5/c1-35-23-12-18-21(13-24(23)36-2)30-6-5-22(18)37-17-3-4-20(19(29)11-17)31-26(34)32-25(33)9-14-7-15(27)10-16(28)8-14/h3-8,10-13H,9H2,1-2H3,(H2,31,32,33,34). The van der Waals surface area contributed by atoms with Gasteiger partial charge in [-0.25, -0.2) is 18.0 Å². The number of anilines is 1. The van der Waals surface area contributed by atoms with Crippen molar-refractivity contribution in [2.45, 2.75) is 6.42 Å². The number of methoxy groups -OCH3 is 2. The van der Waals surface area contributed by atoms with E-state index in [1.165, 1.54) is 32.5 Å². The number of rotatable bonds is 7. The van der Waals surface area contributed by atoms with Crippen LogP contribution in [0.3, 0.4) is 0 Å². The number of imide groups is 1. The molecule has 0 aliphatic rings. The Balaban J connectivity index is 1.44. The Labute approximate surface area is 209 Å². The van der Waals surface area contributed by atoms with Crippen molar-refractivity contribution in [3.05, 3.63) is 83.8 Å². The highest BCUT2D eigenvalue weighted by atomic mass is 19.1. The number of urea groups is 1. The van der Waals surface area contributed by atoms with E-state index < -0.39 is 35.8 Å². The summed E-state index contributed by atoms with van der Waals surface area (Å²) < 4.78 is 57.7. The molecule has 3 amide bonds. The molecule has 0 bridgehead atoms. The van der Waals surface area contributed by atoms with Crippen LogP contribution in [0.25, 0.3) is 10.9 Å². The largest absolute Gasteiger partial charge is 0.493 e. The number of benzene rings is 3. The van der Waals surface area contributed by atoms with E-state index in [0.717, 1.165) is 18.2 Å². The molecule has 1 aromatic heterocycles. The van der Waals surface area contributed by atoms with Gasteiger partial charge < -0.3 is 19.5 Å². The second-order valence-electron chi connectivity index (χ2n) is 7.73. The average Bonchev–Trinajstić information content (AvgIpc) is 2.84. The molecule has 0 spiro atoms. The number of ether oxygens (including phenoxy) is 3. The summed E-state index contributed by atoms with van der Waals surface area (Å²) in [5.74, 6) is -1.91. The Bertz CT molecular complexity index is 1480. The number of carbonyl (C=O) groups excluding carboxylic acids is 2. The van der Waals surface area contributed by atoms with Gasteiger partial charge in [-0.1, -0.05) is 0 Å². The zero-order valence-electron chi connectivity index (χ0n) is 19.6. The van der Waals surface area contributed by atoms with Gasteiger partial charge in [-0.15, -0.1) is 0 Å². The molecule has 0 fully saturated rings. The number of nitrogens with one attached hydrogen (secondary N) is 2. The monoisotopic (exact) mass is 511 g/mol. The lowest BCUT2D eigenvalue weighted by atomic mass is 10.1. The number of aromatic nitrogens is 1. The highest BCUT2D eigenvalue weighted by Gasteiger charge is 2.15. The van der Waals surface area contributed by atoms with Gasteiger partial charge in [-0.3, -0.25) is 15.1 Å². The van der Waals surface area contributed by atoms with Crippen LogP contribution in [0.4, 0.5) is 23.7 Å². The van der Waals surface area contributed by atoms with E-state index in [1.807, 2.05) is 5.32 Å². The molecular weight excluding hydrogens is 491 g/mol. The van der Waals surface area contributed by atoms with Gasteiger partial charge in [0.15, 0.2) is 11.5 Å². The van der Waals surface area contributed by atoms with E-state index in [2.05, 4.69) is 10.3 Å². The maximum absolute atomic E-state index is 14.7. The molecule has 11 heteroatoms. The summed E-state index contributed by atoms with van der Waals surface area (Å²) >= 11 is 0. The van der Waals surface area contributed by atoms with E-state index in [4.69, 9.17) is 14.2 Å². The van der Waals surface area contributed by atoms with Crippen LogP contribution in [-0.4, -0.2) is 31.1 Å². The number of carbonyl (C=O) groups is 2. The Hall–Kier alpha value is -4.80. The van der Waals surface area contributed by atoms with Crippen LogP contribution in [0.2, 0.25) is 0 Å². The molecule has 4 rings (SSSR count). The molecule has 2 N–H and O–H groups in total. The first-order valence-electron chi connectivity index (χ1n) is 10.8.